The van der Waals surface area contributed by atoms with Crippen molar-refractivity contribution < 1.29 is 13.9 Å². The molecule has 1 heterocycles. The lowest BCUT2D eigenvalue weighted by molar-refractivity contribution is 0.284. The number of rotatable bonds is 9. The Balaban J connectivity index is 1.70. The molecule has 0 aliphatic rings. The van der Waals surface area contributed by atoms with Crippen LogP contribution in [0.4, 0.5) is 10.3 Å². The van der Waals surface area contributed by atoms with Crippen LogP contribution in [0.15, 0.2) is 49.1 Å². The highest BCUT2D eigenvalue weighted by atomic mass is 35.5. The smallest absolute Gasteiger partial charge is 0.243 e. The lowest BCUT2D eigenvalue weighted by Gasteiger charge is -2.15. The first-order valence-corrected chi connectivity index (χ1v) is 8.83. The summed E-state index contributed by atoms with van der Waals surface area (Å²) in [6.07, 6.45) is 1.70. The van der Waals surface area contributed by atoms with E-state index in [0.29, 0.717) is 35.6 Å². The molecule has 0 atom stereocenters. The molecule has 3 rings (SSSR count). The summed E-state index contributed by atoms with van der Waals surface area (Å²) in [4.78, 5) is 0. The Morgan fingerprint density at radius 3 is 2.75 bits per heavy atom. The molecule has 1 aromatic heterocycles. The third kappa shape index (κ3) is 4.77. The van der Waals surface area contributed by atoms with Crippen LogP contribution in [0.3, 0.4) is 0 Å². The Hall–Kier alpha value is -3.13. The first-order valence-electron chi connectivity index (χ1n) is 8.45. The average molecular weight is 404 g/mol. The van der Waals surface area contributed by atoms with Crippen LogP contribution in [0.2, 0.25) is 5.02 Å². The van der Waals surface area contributed by atoms with E-state index in [0.717, 1.165) is 11.1 Å². The molecule has 0 unspecified atom stereocenters. The van der Waals surface area contributed by atoms with E-state index >= 15 is 0 Å². The largest absolute Gasteiger partial charge is 0.493 e. The fourth-order valence-corrected chi connectivity index (χ4v) is 2.80. The summed E-state index contributed by atoms with van der Waals surface area (Å²) in [7, 11) is 1.54. The van der Waals surface area contributed by atoms with Gasteiger partial charge in [-0.2, -0.15) is 0 Å². The third-order valence-corrected chi connectivity index (χ3v) is 4.15. The van der Waals surface area contributed by atoms with Crippen molar-refractivity contribution in [2.24, 2.45) is 0 Å². The summed E-state index contributed by atoms with van der Waals surface area (Å²) in [5.41, 5.74) is 1.68. The lowest BCUT2D eigenvalue weighted by Crippen LogP contribution is -2.08. The molecule has 0 fully saturated rings. The van der Waals surface area contributed by atoms with Gasteiger partial charge in [-0.15, -0.1) is 6.58 Å². The van der Waals surface area contributed by atoms with Gasteiger partial charge in [-0.3, -0.25) is 0 Å². The number of hydrogen-bond acceptors (Lipinski definition) is 6. The van der Waals surface area contributed by atoms with Gasteiger partial charge >= 0.3 is 0 Å². The molecule has 7 nitrogen and oxygen atoms in total. The van der Waals surface area contributed by atoms with Crippen molar-refractivity contribution in [1.29, 1.82) is 0 Å². The first-order chi connectivity index (χ1) is 13.6. The second-order valence-corrected chi connectivity index (χ2v) is 6.26. The predicted molar refractivity (Wildman–Crippen MR) is 104 cm³/mol. The van der Waals surface area contributed by atoms with Crippen molar-refractivity contribution in [3.8, 4) is 11.5 Å². The van der Waals surface area contributed by atoms with Crippen LogP contribution in [0, 0.1) is 5.82 Å². The predicted octanol–water partition coefficient (Wildman–Crippen LogP) is 3.85. The Morgan fingerprint density at radius 2 is 2.04 bits per heavy atom. The molecule has 0 aliphatic heterocycles. The normalized spacial score (nSPS) is 10.5. The van der Waals surface area contributed by atoms with Gasteiger partial charge in [0, 0.05) is 6.54 Å². The minimum absolute atomic E-state index is 0.240. The van der Waals surface area contributed by atoms with Crippen LogP contribution in [0.1, 0.15) is 11.1 Å². The van der Waals surface area contributed by atoms with Crippen LogP contribution >= 0.6 is 11.6 Å². The van der Waals surface area contributed by atoms with Gasteiger partial charge in [-0.1, -0.05) is 34.9 Å². The molecule has 0 saturated carbocycles. The summed E-state index contributed by atoms with van der Waals surface area (Å²) in [5.74, 6) is 1.15. The first kappa shape index (κ1) is 19.6. The maximum Gasteiger partial charge on any atom is 0.243 e. The van der Waals surface area contributed by atoms with E-state index in [-0.39, 0.29) is 12.4 Å². The zero-order chi connectivity index (χ0) is 19.9. The molecule has 3 aromatic rings. The second-order valence-electron chi connectivity index (χ2n) is 5.85. The van der Waals surface area contributed by atoms with E-state index < -0.39 is 0 Å². The van der Waals surface area contributed by atoms with Gasteiger partial charge in [0.15, 0.2) is 11.5 Å². The number of benzene rings is 2. The number of hydrogen-bond donors (Lipinski definition) is 1. The fraction of sp³-hybridized carbons (Fsp3) is 0.211. The molecule has 0 saturated heterocycles. The molecule has 0 spiro atoms. The fourth-order valence-electron chi connectivity index (χ4n) is 2.51. The number of nitrogens with one attached hydrogen (secondary N) is 1. The zero-order valence-corrected chi connectivity index (χ0v) is 16.0. The number of halogens is 2. The van der Waals surface area contributed by atoms with Crippen LogP contribution in [-0.4, -0.2) is 27.3 Å². The van der Waals surface area contributed by atoms with Gasteiger partial charge in [0.25, 0.3) is 0 Å². The van der Waals surface area contributed by atoms with Crippen molar-refractivity contribution in [3.05, 3.63) is 71.0 Å². The van der Waals surface area contributed by atoms with Gasteiger partial charge in [-0.25, -0.2) is 9.07 Å². The average Bonchev–Trinajstić information content (AvgIpc) is 3.14. The number of methoxy groups -OCH3 is 1. The Kier molecular flexibility index (Phi) is 6.44. The van der Waals surface area contributed by atoms with Crippen LogP contribution in [0.25, 0.3) is 0 Å². The van der Waals surface area contributed by atoms with Crippen LogP contribution < -0.4 is 14.8 Å². The number of tetrazole rings is 1. The van der Waals surface area contributed by atoms with Gasteiger partial charge in [0.05, 0.1) is 18.7 Å². The molecule has 0 aliphatic carbocycles. The molecule has 1 N–H and O–H groups in total. The van der Waals surface area contributed by atoms with E-state index in [2.05, 4.69) is 27.4 Å². The molecule has 9 heteroatoms. The van der Waals surface area contributed by atoms with Crippen molar-refractivity contribution >= 4 is 17.5 Å². The molecule has 146 valence electrons. The van der Waals surface area contributed by atoms with Crippen molar-refractivity contribution in [1.82, 2.24) is 20.2 Å². The number of nitrogens with zero attached hydrogens (tertiary/aromatic N) is 4. The van der Waals surface area contributed by atoms with Crippen molar-refractivity contribution in [2.75, 3.05) is 12.4 Å². The highest BCUT2D eigenvalue weighted by molar-refractivity contribution is 6.32. The highest BCUT2D eigenvalue weighted by Crippen LogP contribution is 2.37. The molecule has 28 heavy (non-hydrogen) atoms. The molecule has 0 bridgehead atoms. The number of anilines is 1. The summed E-state index contributed by atoms with van der Waals surface area (Å²) < 4.78 is 25.8. The molecular formula is C19H19ClFN5O2. The lowest BCUT2D eigenvalue weighted by atomic mass is 10.2. The minimum atomic E-state index is -0.296. The number of allylic oxidation sites excluding steroid dienone is 1. The Bertz CT molecular complexity index is 946. The number of aromatic nitrogens is 4. The maximum absolute atomic E-state index is 13.0. The minimum Gasteiger partial charge on any atom is -0.493 e. The zero-order valence-electron chi connectivity index (χ0n) is 15.2. The highest BCUT2D eigenvalue weighted by Gasteiger charge is 2.13. The maximum atomic E-state index is 13.0. The molecule has 2 aromatic carbocycles. The monoisotopic (exact) mass is 403 g/mol. The van der Waals surface area contributed by atoms with E-state index in [4.69, 9.17) is 21.1 Å². The van der Waals surface area contributed by atoms with Gasteiger partial charge in [0.1, 0.15) is 12.4 Å². The summed E-state index contributed by atoms with van der Waals surface area (Å²) in [6.45, 7) is 4.84. The van der Waals surface area contributed by atoms with Crippen molar-refractivity contribution in [3.63, 3.8) is 0 Å². The molecule has 0 amide bonds. The SMILES string of the molecule is C=CCn1nnnc1NCc1cc(Cl)c(OCc2ccc(F)cc2)c(OC)c1. The number of ether oxygens (including phenoxy) is 2. The quantitative estimate of drug-likeness (QED) is 0.547. The summed E-state index contributed by atoms with van der Waals surface area (Å²) in [6, 6.07) is 9.67. The van der Waals surface area contributed by atoms with Crippen molar-refractivity contribution in [2.45, 2.75) is 19.7 Å². The van der Waals surface area contributed by atoms with Crippen LogP contribution in [0.5, 0.6) is 11.5 Å². The molecule has 0 radical (unpaired) electrons. The summed E-state index contributed by atoms with van der Waals surface area (Å²) in [5, 5.41) is 15.0. The third-order valence-electron chi connectivity index (χ3n) is 3.87. The standard InChI is InChI=1S/C19H19ClFN5O2/c1-3-8-26-19(23-24-25-26)22-11-14-9-16(20)18(17(10-14)27-2)28-12-13-4-6-15(21)7-5-13/h3-7,9-10H,1,8,11-12H2,2H3,(H,22,23,25). The van der Waals surface area contributed by atoms with Gasteiger partial charge in [-0.05, 0) is 45.8 Å². The van der Waals surface area contributed by atoms with E-state index in [1.165, 1.54) is 19.2 Å². The second kappa shape index (κ2) is 9.18. The van der Waals surface area contributed by atoms with E-state index in [1.807, 2.05) is 6.07 Å². The summed E-state index contributed by atoms with van der Waals surface area (Å²) >= 11 is 6.39. The van der Waals surface area contributed by atoms with Crippen LogP contribution in [-0.2, 0) is 19.7 Å². The van der Waals surface area contributed by atoms with E-state index in [1.54, 1.807) is 29.0 Å². The Labute approximate surface area is 166 Å². The topological polar surface area (TPSA) is 74.1 Å². The van der Waals surface area contributed by atoms with Gasteiger partial charge in [0.2, 0.25) is 5.95 Å². The van der Waals surface area contributed by atoms with Gasteiger partial charge < -0.3 is 14.8 Å². The molecular weight excluding hydrogens is 385 g/mol. The van der Waals surface area contributed by atoms with E-state index in [9.17, 15) is 4.39 Å². The Morgan fingerprint density at radius 1 is 1.25 bits per heavy atom.